The molecular weight excluding hydrogens is 250 g/mol. The molecule has 1 saturated carbocycles. The molecule has 1 heterocycles. The highest BCUT2D eigenvalue weighted by Gasteiger charge is 2.23. The van der Waals surface area contributed by atoms with Crippen molar-refractivity contribution in [2.24, 2.45) is 5.92 Å². The molecule has 2 atom stereocenters. The van der Waals surface area contributed by atoms with E-state index in [-0.39, 0.29) is 0 Å². The maximum Gasteiger partial charge on any atom is 0.231 e. The van der Waals surface area contributed by atoms with Crippen molar-refractivity contribution in [3.63, 3.8) is 0 Å². The molecule has 2 aliphatic rings. The summed E-state index contributed by atoms with van der Waals surface area (Å²) < 4.78 is 10.8. The molecule has 1 aliphatic carbocycles. The average Bonchev–Trinajstić information content (AvgIpc) is 3.10. The fraction of sp³-hybridized carbons (Fsp3) is 0.647. The van der Waals surface area contributed by atoms with Gasteiger partial charge in [0.25, 0.3) is 0 Å². The Labute approximate surface area is 121 Å². The lowest BCUT2D eigenvalue weighted by Gasteiger charge is -2.20. The second kappa shape index (κ2) is 6.04. The van der Waals surface area contributed by atoms with Crippen LogP contribution < -0.4 is 14.8 Å². The molecular formula is C17H25NO2. The highest BCUT2D eigenvalue weighted by Crippen LogP contribution is 2.34. The summed E-state index contributed by atoms with van der Waals surface area (Å²) in [5, 5.41) is 3.72. The van der Waals surface area contributed by atoms with E-state index in [1.807, 2.05) is 6.07 Å². The minimum Gasteiger partial charge on any atom is -0.454 e. The van der Waals surface area contributed by atoms with E-state index in [0.717, 1.165) is 30.3 Å². The summed E-state index contributed by atoms with van der Waals surface area (Å²) in [6.07, 6.45) is 6.47. The summed E-state index contributed by atoms with van der Waals surface area (Å²) in [7, 11) is 0. The summed E-state index contributed by atoms with van der Waals surface area (Å²) in [6.45, 7) is 4.96. The quantitative estimate of drug-likeness (QED) is 0.826. The van der Waals surface area contributed by atoms with Crippen LogP contribution >= 0.6 is 0 Å². The minimum atomic E-state index is 0.357. The predicted molar refractivity (Wildman–Crippen MR) is 80.3 cm³/mol. The van der Waals surface area contributed by atoms with Gasteiger partial charge >= 0.3 is 0 Å². The van der Waals surface area contributed by atoms with Crippen LogP contribution in [0.3, 0.4) is 0 Å². The van der Waals surface area contributed by atoms with Crippen molar-refractivity contribution in [3.8, 4) is 11.5 Å². The zero-order valence-corrected chi connectivity index (χ0v) is 12.5. The van der Waals surface area contributed by atoms with E-state index >= 15 is 0 Å². The summed E-state index contributed by atoms with van der Waals surface area (Å²) in [5.41, 5.74) is 1.33. The topological polar surface area (TPSA) is 30.5 Å². The van der Waals surface area contributed by atoms with Crippen LogP contribution in [0, 0.1) is 5.92 Å². The number of rotatable bonds is 7. The van der Waals surface area contributed by atoms with E-state index in [0.29, 0.717) is 18.9 Å². The Bertz CT molecular complexity index is 456. The van der Waals surface area contributed by atoms with Gasteiger partial charge in [-0.3, -0.25) is 0 Å². The number of nitrogens with one attached hydrogen (secondary N) is 1. The lowest BCUT2D eigenvalue weighted by molar-refractivity contribution is 0.174. The van der Waals surface area contributed by atoms with Crippen molar-refractivity contribution in [1.82, 2.24) is 5.32 Å². The molecule has 0 spiro atoms. The Balaban J connectivity index is 1.43. The van der Waals surface area contributed by atoms with Crippen LogP contribution in [-0.4, -0.2) is 18.9 Å². The molecule has 0 bridgehead atoms. The molecule has 1 N–H and O–H groups in total. The van der Waals surface area contributed by atoms with Gasteiger partial charge < -0.3 is 14.8 Å². The third-order valence-corrected chi connectivity index (χ3v) is 4.26. The highest BCUT2D eigenvalue weighted by molar-refractivity contribution is 5.44. The molecule has 1 aromatic rings. The summed E-state index contributed by atoms with van der Waals surface area (Å²) >= 11 is 0. The molecule has 1 aromatic carbocycles. The standard InChI is InChI=1S/C17H25NO2/c1-12(18-13(2)9-14-5-6-14)3-4-15-7-8-16-17(10-15)20-11-19-16/h7-8,10,12-14,18H,3-6,9,11H2,1-2H3. The average molecular weight is 275 g/mol. The fourth-order valence-corrected chi connectivity index (χ4v) is 2.97. The fourth-order valence-electron chi connectivity index (χ4n) is 2.97. The van der Waals surface area contributed by atoms with Gasteiger partial charge in [-0.1, -0.05) is 18.9 Å². The SMILES string of the molecule is CC(CCc1ccc2c(c1)OCO2)NC(C)CC1CC1. The van der Waals surface area contributed by atoms with Gasteiger partial charge in [-0.2, -0.15) is 0 Å². The maximum absolute atomic E-state index is 5.42. The van der Waals surface area contributed by atoms with E-state index < -0.39 is 0 Å². The Kier molecular flexibility index (Phi) is 4.16. The molecule has 20 heavy (non-hydrogen) atoms. The second-order valence-corrected chi connectivity index (χ2v) is 6.37. The van der Waals surface area contributed by atoms with Gasteiger partial charge in [-0.15, -0.1) is 0 Å². The number of hydrogen-bond acceptors (Lipinski definition) is 3. The normalized spacial score (nSPS) is 19.9. The first-order valence-electron chi connectivity index (χ1n) is 7.85. The molecule has 0 amide bonds. The van der Waals surface area contributed by atoms with E-state index in [4.69, 9.17) is 9.47 Å². The first kappa shape index (κ1) is 13.7. The van der Waals surface area contributed by atoms with Gasteiger partial charge in [0.1, 0.15) is 0 Å². The molecule has 3 heteroatoms. The lowest BCUT2D eigenvalue weighted by Crippen LogP contribution is -2.35. The van der Waals surface area contributed by atoms with Crippen LogP contribution in [0.25, 0.3) is 0 Å². The van der Waals surface area contributed by atoms with E-state index in [2.05, 4.69) is 31.3 Å². The van der Waals surface area contributed by atoms with Crippen molar-refractivity contribution in [2.75, 3.05) is 6.79 Å². The largest absolute Gasteiger partial charge is 0.454 e. The number of aryl methyl sites for hydroxylation is 1. The lowest BCUT2D eigenvalue weighted by atomic mass is 10.0. The zero-order valence-electron chi connectivity index (χ0n) is 12.5. The third kappa shape index (κ3) is 3.66. The zero-order chi connectivity index (χ0) is 13.9. The first-order valence-corrected chi connectivity index (χ1v) is 7.85. The van der Waals surface area contributed by atoms with Gasteiger partial charge in [-0.25, -0.2) is 0 Å². The minimum absolute atomic E-state index is 0.357. The number of ether oxygens (including phenoxy) is 2. The molecule has 0 saturated heterocycles. The van der Waals surface area contributed by atoms with Crippen molar-refractivity contribution in [3.05, 3.63) is 23.8 Å². The van der Waals surface area contributed by atoms with Crippen molar-refractivity contribution in [1.29, 1.82) is 0 Å². The molecule has 0 radical (unpaired) electrons. The smallest absolute Gasteiger partial charge is 0.231 e. The Morgan fingerprint density at radius 2 is 1.95 bits per heavy atom. The van der Waals surface area contributed by atoms with Crippen LogP contribution in [0.1, 0.15) is 45.1 Å². The molecule has 3 rings (SSSR count). The number of benzene rings is 1. The molecule has 110 valence electrons. The van der Waals surface area contributed by atoms with E-state index in [1.165, 1.54) is 24.8 Å². The highest BCUT2D eigenvalue weighted by atomic mass is 16.7. The molecule has 2 unspecified atom stereocenters. The van der Waals surface area contributed by atoms with Gasteiger partial charge in [0.15, 0.2) is 11.5 Å². The van der Waals surface area contributed by atoms with Gasteiger partial charge in [0.05, 0.1) is 0 Å². The Morgan fingerprint density at radius 3 is 2.75 bits per heavy atom. The number of fused-ring (bicyclic) bond motifs is 1. The molecule has 1 fully saturated rings. The molecule has 1 aliphatic heterocycles. The van der Waals surface area contributed by atoms with Crippen LogP contribution in [0.15, 0.2) is 18.2 Å². The Hall–Kier alpha value is -1.22. The van der Waals surface area contributed by atoms with Crippen LogP contribution in [0.4, 0.5) is 0 Å². The summed E-state index contributed by atoms with van der Waals surface area (Å²) in [5.74, 6) is 2.77. The number of hydrogen-bond donors (Lipinski definition) is 1. The van der Waals surface area contributed by atoms with Crippen LogP contribution in [-0.2, 0) is 6.42 Å². The maximum atomic E-state index is 5.42. The van der Waals surface area contributed by atoms with Gasteiger partial charge in [0, 0.05) is 12.1 Å². The summed E-state index contributed by atoms with van der Waals surface area (Å²) in [4.78, 5) is 0. The van der Waals surface area contributed by atoms with Crippen molar-refractivity contribution < 1.29 is 9.47 Å². The van der Waals surface area contributed by atoms with Crippen LogP contribution in [0.5, 0.6) is 11.5 Å². The van der Waals surface area contributed by atoms with Crippen molar-refractivity contribution in [2.45, 2.75) is 58.0 Å². The third-order valence-electron chi connectivity index (χ3n) is 4.26. The monoisotopic (exact) mass is 275 g/mol. The predicted octanol–water partition coefficient (Wildman–Crippen LogP) is 3.51. The van der Waals surface area contributed by atoms with Gasteiger partial charge in [-0.05, 0) is 56.7 Å². The molecule has 3 nitrogen and oxygen atoms in total. The van der Waals surface area contributed by atoms with Crippen LogP contribution in [0.2, 0.25) is 0 Å². The van der Waals surface area contributed by atoms with Crippen molar-refractivity contribution >= 4 is 0 Å². The first-order chi connectivity index (χ1) is 9.70. The van der Waals surface area contributed by atoms with E-state index in [9.17, 15) is 0 Å². The molecule has 0 aromatic heterocycles. The Morgan fingerprint density at radius 1 is 1.15 bits per heavy atom. The second-order valence-electron chi connectivity index (χ2n) is 6.37. The summed E-state index contributed by atoms with van der Waals surface area (Å²) in [6, 6.07) is 7.49. The van der Waals surface area contributed by atoms with Gasteiger partial charge in [0.2, 0.25) is 6.79 Å². The van der Waals surface area contributed by atoms with E-state index in [1.54, 1.807) is 0 Å².